The van der Waals surface area contributed by atoms with Gasteiger partial charge in [0.2, 0.25) is 5.91 Å². The van der Waals surface area contributed by atoms with Crippen molar-refractivity contribution in [1.29, 1.82) is 0 Å². The molecule has 0 aliphatic heterocycles. The zero-order valence-corrected chi connectivity index (χ0v) is 20.2. The van der Waals surface area contributed by atoms with E-state index < -0.39 is 12.0 Å². The number of hydrogen-bond donors (Lipinski definition) is 1. The molecule has 0 aliphatic carbocycles. The molecule has 0 spiro atoms. The molecule has 0 saturated heterocycles. The van der Waals surface area contributed by atoms with Crippen molar-refractivity contribution in [3.8, 4) is 0 Å². The van der Waals surface area contributed by atoms with Gasteiger partial charge in [0, 0.05) is 5.69 Å². The van der Waals surface area contributed by atoms with Crippen LogP contribution in [0.25, 0.3) is 10.2 Å². The lowest BCUT2D eigenvalue weighted by molar-refractivity contribution is -0.118. The van der Waals surface area contributed by atoms with Gasteiger partial charge in [-0.1, -0.05) is 42.5 Å². The van der Waals surface area contributed by atoms with Crippen LogP contribution in [-0.4, -0.2) is 21.4 Å². The number of carbonyl (C=O) groups excluding carboxylic acids is 2. The van der Waals surface area contributed by atoms with Crippen LogP contribution in [0.1, 0.15) is 44.9 Å². The normalized spacial score (nSPS) is 11.9. The zero-order chi connectivity index (χ0) is 24.4. The Morgan fingerprint density at radius 1 is 1.12 bits per heavy atom. The first-order valence-electron chi connectivity index (χ1n) is 10.9. The van der Waals surface area contributed by atoms with E-state index in [1.165, 1.54) is 10.9 Å². The summed E-state index contributed by atoms with van der Waals surface area (Å²) in [5, 5.41) is 3.22. The van der Waals surface area contributed by atoms with Gasteiger partial charge in [-0.3, -0.25) is 14.2 Å². The molecule has 174 valence electrons. The maximum Gasteiger partial charge on any atom is 0.349 e. The standard InChI is InChI=1S/C26H25N3O4S/c1-15-10-11-16(2)20(12-15)28-23(30)18(4)29-14-27-24-21(25(29)31)17(3)22(34-24)26(32)33-13-19-8-6-5-7-9-19/h5-12,14,18H,13H2,1-4H3,(H,28,30). The first-order valence-corrected chi connectivity index (χ1v) is 11.7. The quantitative estimate of drug-likeness (QED) is 0.399. The van der Waals surface area contributed by atoms with Crippen molar-refractivity contribution in [2.45, 2.75) is 40.3 Å². The number of aryl methyl sites for hydroxylation is 3. The Hall–Kier alpha value is -3.78. The maximum atomic E-state index is 13.3. The smallest absolute Gasteiger partial charge is 0.349 e. The molecule has 4 rings (SSSR count). The minimum atomic E-state index is -0.794. The summed E-state index contributed by atoms with van der Waals surface area (Å²) in [4.78, 5) is 44.0. The lowest BCUT2D eigenvalue weighted by Crippen LogP contribution is -2.32. The summed E-state index contributed by atoms with van der Waals surface area (Å²) in [7, 11) is 0. The monoisotopic (exact) mass is 475 g/mol. The number of aromatic nitrogens is 2. The second-order valence-electron chi connectivity index (χ2n) is 8.24. The summed E-state index contributed by atoms with van der Waals surface area (Å²) in [5.74, 6) is -0.830. The van der Waals surface area contributed by atoms with Gasteiger partial charge in [0.05, 0.1) is 11.7 Å². The molecule has 1 N–H and O–H groups in total. The molecule has 2 aromatic heterocycles. The molecule has 2 heterocycles. The predicted molar refractivity (Wildman–Crippen MR) is 133 cm³/mol. The zero-order valence-electron chi connectivity index (χ0n) is 19.4. The lowest BCUT2D eigenvalue weighted by atomic mass is 10.1. The number of amides is 1. The van der Waals surface area contributed by atoms with Crippen LogP contribution < -0.4 is 10.9 Å². The first-order chi connectivity index (χ1) is 16.3. The van der Waals surface area contributed by atoms with E-state index >= 15 is 0 Å². The van der Waals surface area contributed by atoms with Gasteiger partial charge in [-0.25, -0.2) is 9.78 Å². The maximum absolute atomic E-state index is 13.3. The highest BCUT2D eigenvalue weighted by Gasteiger charge is 2.24. The summed E-state index contributed by atoms with van der Waals surface area (Å²) >= 11 is 1.12. The molecule has 0 bridgehead atoms. The summed E-state index contributed by atoms with van der Waals surface area (Å²) in [5.41, 5.74) is 3.66. The van der Waals surface area contributed by atoms with Crippen molar-refractivity contribution < 1.29 is 14.3 Å². The Kier molecular flexibility index (Phi) is 6.61. The summed E-state index contributed by atoms with van der Waals surface area (Å²) < 4.78 is 6.73. The number of fused-ring (bicyclic) bond motifs is 1. The fourth-order valence-corrected chi connectivity index (χ4v) is 4.66. The number of benzene rings is 2. The van der Waals surface area contributed by atoms with Gasteiger partial charge >= 0.3 is 5.97 Å². The molecule has 0 radical (unpaired) electrons. The SMILES string of the molecule is Cc1ccc(C)c(NC(=O)C(C)n2cnc3sc(C(=O)OCc4ccccc4)c(C)c3c2=O)c1. The molecule has 8 heteroatoms. The van der Waals surface area contributed by atoms with Crippen molar-refractivity contribution in [2.24, 2.45) is 0 Å². The van der Waals surface area contributed by atoms with Gasteiger partial charge in [-0.2, -0.15) is 0 Å². The van der Waals surface area contributed by atoms with Crippen LogP contribution in [0.15, 0.2) is 59.7 Å². The lowest BCUT2D eigenvalue weighted by Gasteiger charge is -2.16. The molecule has 2 aromatic carbocycles. The highest BCUT2D eigenvalue weighted by molar-refractivity contribution is 7.20. The van der Waals surface area contributed by atoms with E-state index in [0.717, 1.165) is 28.0 Å². The van der Waals surface area contributed by atoms with Crippen molar-refractivity contribution in [3.05, 3.63) is 92.3 Å². The summed E-state index contributed by atoms with van der Waals surface area (Å²) in [6.07, 6.45) is 1.35. The van der Waals surface area contributed by atoms with Crippen LogP contribution in [0, 0.1) is 20.8 Å². The fourth-order valence-electron chi connectivity index (χ4n) is 3.63. The number of esters is 1. The van der Waals surface area contributed by atoms with Crippen LogP contribution in [-0.2, 0) is 16.1 Å². The molecule has 1 atom stereocenters. The summed E-state index contributed by atoms with van der Waals surface area (Å²) in [6, 6.07) is 14.4. The Bertz CT molecular complexity index is 1440. The van der Waals surface area contributed by atoms with E-state index in [1.807, 2.05) is 62.4 Å². The highest BCUT2D eigenvalue weighted by atomic mass is 32.1. The number of anilines is 1. The third kappa shape index (κ3) is 4.63. The Labute approximate surface area is 201 Å². The number of nitrogens with zero attached hydrogens (tertiary/aromatic N) is 2. The second kappa shape index (κ2) is 9.61. The van der Waals surface area contributed by atoms with E-state index in [9.17, 15) is 14.4 Å². The molecule has 4 aromatic rings. The van der Waals surface area contributed by atoms with Gasteiger partial charge in [-0.15, -0.1) is 11.3 Å². The Morgan fingerprint density at radius 3 is 2.59 bits per heavy atom. The Balaban J connectivity index is 1.59. The minimum absolute atomic E-state index is 0.139. The third-order valence-electron chi connectivity index (χ3n) is 5.72. The molecule has 0 fully saturated rings. The molecule has 34 heavy (non-hydrogen) atoms. The number of thiophene rings is 1. The Morgan fingerprint density at radius 2 is 1.85 bits per heavy atom. The molecule has 1 amide bonds. The molecule has 0 aliphatic rings. The van der Waals surface area contributed by atoms with E-state index in [2.05, 4.69) is 10.3 Å². The van der Waals surface area contributed by atoms with Crippen LogP contribution in [0.4, 0.5) is 5.69 Å². The van der Waals surface area contributed by atoms with Crippen molar-refractivity contribution in [2.75, 3.05) is 5.32 Å². The van der Waals surface area contributed by atoms with E-state index in [-0.39, 0.29) is 18.1 Å². The third-order valence-corrected chi connectivity index (χ3v) is 6.90. The van der Waals surface area contributed by atoms with Gasteiger partial charge < -0.3 is 10.1 Å². The topological polar surface area (TPSA) is 90.3 Å². The molecule has 0 saturated carbocycles. The number of nitrogens with one attached hydrogen (secondary N) is 1. The van der Waals surface area contributed by atoms with Crippen molar-refractivity contribution >= 4 is 39.1 Å². The number of hydrogen-bond acceptors (Lipinski definition) is 6. The van der Waals surface area contributed by atoms with E-state index in [0.29, 0.717) is 26.3 Å². The fraction of sp³-hybridized carbons (Fsp3) is 0.231. The second-order valence-corrected chi connectivity index (χ2v) is 9.24. The molecular formula is C26H25N3O4S. The number of rotatable bonds is 6. The van der Waals surface area contributed by atoms with Gasteiger partial charge in [0.1, 0.15) is 22.4 Å². The van der Waals surface area contributed by atoms with Gasteiger partial charge in [0.15, 0.2) is 0 Å². The average molecular weight is 476 g/mol. The molecular weight excluding hydrogens is 450 g/mol. The predicted octanol–water partition coefficient (Wildman–Crippen LogP) is 4.94. The largest absolute Gasteiger partial charge is 0.457 e. The van der Waals surface area contributed by atoms with Gasteiger partial charge in [0.25, 0.3) is 5.56 Å². The summed E-state index contributed by atoms with van der Waals surface area (Å²) in [6.45, 7) is 7.34. The molecule has 7 nitrogen and oxygen atoms in total. The van der Waals surface area contributed by atoms with Crippen molar-refractivity contribution in [3.63, 3.8) is 0 Å². The van der Waals surface area contributed by atoms with Crippen LogP contribution in [0.3, 0.4) is 0 Å². The average Bonchev–Trinajstić information content (AvgIpc) is 3.17. The molecule has 1 unspecified atom stereocenters. The van der Waals surface area contributed by atoms with Crippen LogP contribution >= 0.6 is 11.3 Å². The van der Waals surface area contributed by atoms with Crippen molar-refractivity contribution in [1.82, 2.24) is 9.55 Å². The first kappa shape index (κ1) is 23.4. The minimum Gasteiger partial charge on any atom is -0.457 e. The van der Waals surface area contributed by atoms with E-state index in [4.69, 9.17) is 4.74 Å². The highest BCUT2D eigenvalue weighted by Crippen LogP contribution is 2.28. The van der Waals surface area contributed by atoms with Crippen LogP contribution in [0.2, 0.25) is 0 Å². The van der Waals surface area contributed by atoms with E-state index in [1.54, 1.807) is 13.8 Å². The van der Waals surface area contributed by atoms with Crippen LogP contribution in [0.5, 0.6) is 0 Å². The van der Waals surface area contributed by atoms with Gasteiger partial charge in [-0.05, 0) is 56.0 Å². The number of ether oxygens (including phenoxy) is 1. The number of carbonyl (C=O) groups is 2.